The van der Waals surface area contributed by atoms with Crippen LogP contribution in [0.2, 0.25) is 0 Å². The van der Waals surface area contributed by atoms with Crippen LogP contribution >= 0.6 is 15.9 Å². The van der Waals surface area contributed by atoms with Crippen LogP contribution in [0.1, 0.15) is 24.5 Å². The number of anilines is 1. The number of rotatable bonds is 1. The molecule has 1 aliphatic heterocycles. The van der Waals surface area contributed by atoms with Gasteiger partial charge in [0.05, 0.1) is 11.9 Å². The quantitative estimate of drug-likeness (QED) is 0.792. The van der Waals surface area contributed by atoms with Crippen LogP contribution in [-0.4, -0.2) is 22.4 Å². The zero-order chi connectivity index (χ0) is 10.8. The average molecular weight is 271 g/mol. The van der Waals surface area contributed by atoms with Gasteiger partial charge in [0.2, 0.25) is 5.91 Å². The number of piperidine rings is 1. The van der Waals surface area contributed by atoms with E-state index in [-0.39, 0.29) is 11.8 Å². The van der Waals surface area contributed by atoms with E-state index < -0.39 is 0 Å². The molecule has 6 heteroatoms. The number of carbonyl (C=O) groups is 1. The Morgan fingerprint density at radius 3 is 3.00 bits per heavy atom. The third-order valence-electron chi connectivity index (χ3n) is 2.46. The Kier molecular flexibility index (Phi) is 2.86. The van der Waals surface area contributed by atoms with E-state index in [2.05, 4.69) is 31.2 Å². The minimum atomic E-state index is 0.105. The van der Waals surface area contributed by atoms with E-state index in [1.807, 2.05) is 0 Å². The van der Waals surface area contributed by atoms with Crippen LogP contribution < -0.4 is 11.1 Å². The van der Waals surface area contributed by atoms with E-state index in [0.717, 1.165) is 12.1 Å². The van der Waals surface area contributed by atoms with Gasteiger partial charge >= 0.3 is 0 Å². The first kappa shape index (κ1) is 10.4. The normalized spacial score (nSPS) is 21.1. The van der Waals surface area contributed by atoms with Crippen LogP contribution in [-0.2, 0) is 4.79 Å². The summed E-state index contributed by atoms with van der Waals surface area (Å²) in [6.45, 7) is 0.629. The molecule has 0 radical (unpaired) electrons. The lowest BCUT2D eigenvalue weighted by molar-refractivity contribution is -0.122. The first-order valence-electron chi connectivity index (χ1n) is 4.71. The lowest BCUT2D eigenvalue weighted by atomic mass is 9.96. The number of nitrogen functional groups attached to an aromatic ring is 1. The molecule has 80 valence electrons. The molecular formula is C9H11BrN4O. The van der Waals surface area contributed by atoms with Gasteiger partial charge < -0.3 is 11.1 Å². The summed E-state index contributed by atoms with van der Waals surface area (Å²) in [5.74, 6) is 0.736. The molecule has 2 heterocycles. The molecule has 3 N–H and O–H groups in total. The second-order valence-corrected chi connectivity index (χ2v) is 4.26. The number of amides is 1. The Hall–Kier alpha value is -1.17. The Balaban J connectivity index is 2.16. The summed E-state index contributed by atoms with van der Waals surface area (Å²) in [6.07, 6.45) is 3.04. The fourth-order valence-corrected chi connectivity index (χ4v) is 1.88. The molecule has 0 spiro atoms. The van der Waals surface area contributed by atoms with Crippen molar-refractivity contribution in [2.75, 3.05) is 12.3 Å². The number of aromatic nitrogens is 2. The van der Waals surface area contributed by atoms with Crippen LogP contribution in [0.25, 0.3) is 0 Å². The highest BCUT2D eigenvalue weighted by Gasteiger charge is 2.21. The van der Waals surface area contributed by atoms with Crippen molar-refractivity contribution in [3.8, 4) is 0 Å². The van der Waals surface area contributed by atoms with E-state index in [1.54, 1.807) is 6.20 Å². The van der Waals surface area contributed by atoms with Crippen LogP contribution in [0, 0.1) is 0 Å². The molecule has 1 aliphatic rings. The van der Waals surface area contributed by atoms with Gasteiger partial charge in [0.25, 0.3) is 0 Å². The third kappa shape index (κ3) is 2.26. The molecular weight excluding hydrogens is 260 g/mol. The Morgan fingerprint density at radius 1 is 1.60 bits per heavy atom. The largest absolute Gasteiger partial charge is 0.381 e. The maximum Gasteiger partial charge on any atom is 0.220 e. The highest BCUT2D eigenvalue weighted by Crippen LogP contribution is 2.24. The number of hydrogen-bond donors (Lipinski definition) is 2. The van der Waals surface area contributed by atoms with E-state index in [9.17, 15) is 4.79 Å². The van der Waals surface area contributed by atoms with Gasteiger partial charge in [-0.15, -0.1) is 0 Å². The molecule has 0 aliphatic carbocycles. The molecule has 15 heavy (non-hydrogen) atoms. The van der Waals surface area contributed by atoms with Gasteiger partial charge in [0.1, 0.15) is 4.60 Å². The third-order valence-corrected chi connectivity index (χ3v) is 3.04. The van der Waals surface area contributed by atoms with E-state index in [4.69, 9.17) is 5.73 Å². The van der Waals surface area contributed by atoms with Gasteiger partial charge in [-0.2, -0.15) is 0 Å². The molecule has 0 saturated carbocycles. The van der Waals surface area contributed by atoms with Crippen molar-refractivity contribution in [2.45, 2.75) is 18.8 Å². The van der Waals surface area contributed by atoms with Crippen LogP contribution in [0.3, 0.4) is 0 Å². The SMILES string of the molecule is Nc1ncc([C@H]2CCC(=O)NC2)nc1Br. The van der Waals surface area contributed by atoms with E-state index >= 15 is 0 Å². The maximum absolute atomic E-state index is 11.0. The van der Waals surface area contributed by atoms with Crippen molar-refractivity contribution in [2.24, 2.45) is 0 Å². The van der Waals surface area contributed by atoms with Crippen LogP contribution in [0.4, 0.5) is 5.82 Å². The summed E-state index contributed by atoms with van der Waals surface area (Å²) in [5, 5.41) is 2.81. The number of carbonyl (C=O) groups excluding carboxylic acids is 1. The fourth-order valence-electron chi connectivity index (χ4n) is 1.57. The van der Waals surface area contributed by atoms with Gasteiger partial charge in [-0.3, -0.25) is 4.79 Å². The first-order chi connectivity index (χ1) is 7.16. The van der Waals surface area contributed by atoms with Crippen LogP contribution in [0.5, 0.6) is 0 Å². The summed E-state index contributed by atoms with van der Waals surface area (Å²) in [7, 11) is 0. The lowest BCUT2D eigenvalue weighted by Crippen LogP contribution is -2.34. The van der Waals surface area contributed by atoms with Gasteiger partial charge in [-0.1, -0.05) is 0 Å². The molecule has 0 unspecified atom stereocenters. The topological polar surface area (TPSA) is 80.9 Å². The van der Waals surface area contributed by atoms with Crippen molar-refractivity contribution in [1.29, 1.82) is 0 Å². The molecule has 0 bridgehead atoms. The second-order valence-electron chi connectivity index (χ2n) is 3.51. The molecule has 1 aromatic rings. The predicted molar refractivity (Wildman–Crippen MR) is 59.1 cm³/mol. The number of nitrogens with one attached hydrogen (secondary N) is 1. The number of nitrogens with zero attached hydrogens (tertiary/aromatic N) is 2. The smallest absolute Gasteiger partial charge is 0.220 e. The molecule has 5 nitrogen and oxygen atoms in total. The minimum Gasteiger partial charge on any atom is -0.381 e. The van der Waals surface area contributed by atoms with Crippen molar-refractivity contribution < 1.29 is 4.79 Å². The van der Waals surface area contributed by atoms with Crippen molar-refractivity contribution in [3.63, 3.8) is 0 Å². The van der Waals surface area contributed by atoms with Crippen molar-refractivity contribution in [3.05, 3.63) is 16.5 Å². The van der Waals surface area contributed by atoms with Gasteiger partial charge in [0.15, 0.2) is 5.82 Å². The Bertz CT molecular complexity index is 386. The number of nitrogens with two attached hydrogens (primary N) is 1. The van der Waals surface area contributed by atoms with Gasteiger partial charge in [-0.05, 0) is 22.4 Å². The molecule has 1 amide bonds. The molecule has 1 atom stereocenters. The second kappa shape index (κ2) is 4.14. The lowest BCUT2D eigenvalue weighted by Gasteiger charge is -2.21. The summed E-state index contributed by atoms with van der Waals surface area (Å²) >= 11 is 3.24. The standard InChI is InChI=1S/C9H11BrN4O/c10-8-9(11)13-4-6(14-8)5-1-2-7(15)12-3-5/h4-5H,1-3H2,(H2,11,13)(H,12,15)/t5-/m0/s1. The molecule has 2 rings (SSSR count). The van der Waals surface area contributed by atoms with Crippen molar-refractivity contribution >= 4 is 27.7 Å². The van der Waals surface area contributed by atoms with Crippen LogP contribution in [0.15, 0.2) is 10.8 Å². The highest BCUT2D eigenvalue weighted by atomic mass is 79.9. The number of halogens is 1. The Labute approximate surface area is 95.6 Å². The summed E-state index contributed by atoms with van der Waals surface area (Å²) in [5.41, 5.74) is 6.42. The monoisotopic (exact) mass is 270 g/mol. The highest BCUT2D eigenvalue weighted by molar-refractivity contribution is 9.10. The maximum atomic E-state index is 11.0. The molecule has 1 saturated heterocycles. The minimum absolute atomic E-state index is 0.105. The Morgan fingerprint density at radius 2 is 2.40 bits per heavy atom. The zero-order valence-electron chi connectivity index (χ0n) is 8.03. The number of hydrogen-bond acceptors (Lipinski definition) is 4. The molecule has 0 aromatic carbocycles. The summed E-state index contributed by atoms with van der Waals surface area (Å²) in [4.78, 5) is 19.3. The summed E-state index contributed by atoms with van der Waals surface area (Å²) < 4.78 is 0.567. The van der Waals surface area contributed by atoms with E-state index in [0.29, 0.717) is 23.4 Å². The van der Waals surface area contributed by atoms with Gasteiger partial charge in [-0.25, -0.2) is 9.97 Å². The van der Waals surface area contributed by atoms with Gasteiger partial charge in [0, 0.05) is 18.9 Å². The first-order valence-corrected chi connectivity index (χ1v) is 5.50. The van der Waals surface area contributed by atoms with Crippen molar-refractivity contribution in [1.82, 2.24) is 15.3 Å². The average Bonchev–Trinajstić information content (AvgIpc) is 2.23. The molecule has 1 fully saturated rings. The molecule has 1 aromatic heterocycles. The zero-order valence-corrected chi connectivity index (χ0v) is 9.62. The van der Waals surface area contributed by atoms with E-state index in [1.165, 1.54) is 0 Å². The summed E-state index contributed by atoms with van der Waals surface area (Å²) in [6, 6.07) is 0. The predicted octanol–water partition coefficient (Wildman–Crippen LogP) is 0.815. The fraction of sp³-hybridized carbons (Fsp3) is 0.444.